The molecule has 9 nitrogen and oxygen atoms in total. The van der Waals surface area contributed by atoms with Crippen LogP contribution in [-0.4, -0.2) is 59.5 Å². The molecule has 39 heavy (non-hydrogen) atoms. The Morgan fingerprint density at radius 1 is 0.974 bits per heavy atom. The van der Waals surface area contributed by atoms with Gasteiger partial charge in [-0.15, -0.1) is 0 Å². The zero-order valence-corrected chi connectivity index (χ0v) is 24.9. The van der Waals surface area contributed by atoms with Crippen molar-refractivity contribution in [2.45, 2.75) is 98.8 Å². The number of aryl methyl sites for hydroxylation is 1. The third-order valence-electron chi connectivity index (χ3n) is 6.75. The van der Waals surface area contributed by atoms with Crippen LogP contribution in [0.1, 0.15) is 80.2 Å². The lowest BCUT2D eigenvalue weighted by Crippen LogP contribution is -2.54. The fraction of sp³-hybridized carbons (Fsp3) is 0.667. The van der Waals surface area contributed by atoms with Gasteiger partial charge in [0.05, 0.1) is 0 Å². The molecule has 1 saturated heterocycles. The number of amides is 4. The smallest absolute Gasteiger partial charge is 0.408 e. The molecule has 0 aromatic heterocycles. The lowest BCUT2D eigenvalue weighted by molar-refractivity contribution is -0.138. The van der Waals surface area contributed by atoms with E-state index >= 15 is 0 Å². The summed E-state index contributed by atoms with van der Waals surface area (Å²) in [4.78, 5) is 53.4. The highest BCUT2D eigenvalue weighted by Gasteiger charge is 2.34. The molecule has 1 aromatic rings. The van der Waals surface area contributed by atoms with Crippen molar-refractivity contribution in [1.82, 2.24) is 15.5 Å². The molecule has 1 aromatic carbocycles. The molecule has 2 atom stereocenters. The molecule has 1 fully saturated rings. The van der Waals surface area contributed by atoms with Crippen LogP contribution in [0.25, 0.3) is 0 Å². The number of benzene rings is 1. The van der Waals surface area contributed by atoms with Gasteiger partial charge in [0.2, 0.25) is 17.7 Å². The van der Waals surface area contributed by atoms with Gasteiger partial charge in [-0.25, -0.2) is 4.79 Å². The average Bonchev–Trinajstić information content (AvgIpc) is 2.85. The Morgan fingerprint density at radius 2 is 1.56 bits per heavy atom. The van der Waals surface area contributed by atoms with Crippen molar-refractivity contribution in [3.05, 3.63) is 29.8 Å². The quantitative estimate of drug-likeness (QED) is 0.401. The molecule has 9 heteroatoms. The summed E-state index contributed by atoms with van der Waals surface area (Å²) < 4.78 is 5.35. The maximum Gasteiger partial charge on any atom is 0.408 e. The van der Waals surface area contributed by atoms with Crippen molar-refractivity contribution >= 4 is 29.5 Å². The van der Waals surface area contributed by atoms with E-state index in [1.54, 1.807) is 25.7 Å². The first-order valence-electron chi connectivity index (χ1n) is 14.2. The van der Waals surface area contributed by atoms with Crippen molar-refractivity contribution in [2.24, 2.45) is 17.8 Å². The number of ether oxygens (including phenoxy) is 1. The summed E-state index contributed by atoms with van der Waals surface area (Å²) in [6.45, 7) is 16.0. The molecule has 0 unspecified atom stereocenters. The van der Waals surface area contributed by atoms with E-state index in [9.17, 15) is 19.2 Å². The number of hydrogen-bond donors (Lipinski definition) is 3. The van der Waals surface area contributed by atoms with Crippen molar-refractivity contribution in [1.29, 1.82) is 0 Å². The lowest BCUT2D eigenvalue weighted by atomic mass is 9.93. The van der Waals surface area contributed by atoms with Gasteiger partial charge in [-0.2, -0.15) is 0 Å². The second-order valence-electron chi connectivity index (χ2n) is 12.2. The second kappa shape index (κ2) is 14.3. The molecule has 0 aliphatic carbocycles. The van der Waals surface area contributed by atoms with Crippen molar-refractivity contribution in [3.8, 4) is 0 Å². The Balaban J connectivity index is 1.95. The SMILES string of the molecule is CCc1ccc(NC(=O)[C@@H](NC(=O)C2CCN(C(=O)[C@H](CC(C)C)NC(=O)OC(C)(C)C)CC2)C(C)C)cc1. The Hall–Kier alpha value is -3.10. The Labute approximate surface area is 233 Å². The number of nitrogens with zero attached hydrogens (tertiary/aromatic N) is 1. The van der Waals surface area contributed by atoms with Gasteiger partial charge in [0.1, 0.15) is 17.7 Å². The number of alkyl carbamates (subject to hydrolysis) is 1. The molecule has 1 aliphatic rings. The van der Waals surface area contributed by atoms with Crippen LogP contribution in [0.3, 0.4) is 0 Å². The van der Waals surface area contributed by atoms with Gasteiger partial charge in [0.25, 0.3) is 0 Å². The molecule has 3 N–H and O–H groups in total. The molecule has 2 rings (SSSR count). The van der Waals surface area contributed by atoms with Crippen LogP contribution in [0, 0.1) is 17.8 Å². The summed E-state index contributed by atoms with van der Waals surface area (Å²) >= 11 is 0. The van der Waals surface area contributed by atoms with Crippen LogP contribution >= 0.6 is 0 Å². The van der Waals surface area contributed by atoms with Gasteiger partial charge in [0, 0.05) is 24.7 Å². The van der Waals surface area contributed by atoms with Gasteiger partial charge in [-0.05, 0) is 76.0 Å². The normalized spacial score (nSPS) is 16.0. The minimum absolute atomic E-state index is 0.0961. The van der Waals surface area contributed by atoms with E-state index in [4.69, 9.17) is 4.74 Å². The first-order chi connectivity index (χ1) is 18.2. The summed E-state index contributed by atoms with van der Waals surface area (Å²) in [5.74, 6) is -0.791. The van der Waals surface area contributed by atoms with Crippen LogP contribution in [0.5, 0.6) is 0 Å². The second-order valence-corrected chi connectivity index (χ2v) is 12.2. The highest BCUT2D eigenvalue weighted by atomic mass is 16.6. The maximum atomic E-state index is 13.3. The van der Waals surface area contributed by atoms with Gasteiger partial charge in [-0.3, -0.25) is 14.4 Å². The highest BCUT2D eigenvalue weighted by molar-refractivity contribution is 5.97. The van der Waals surface area contributed by atoms with Crippen LogP contribution < -0.4 is 16.0 Å². The zero-order valence-electron chi connectivity index (χ0n) is 24.9. The summed E-state index contributed by atoms with van der Waals surface area (Å²) in [6, 6.07) is 6.33. The van der Waals surface area contributed by atoms with Gasteiger partial charge >= 0.3 is 6.09 Å². The Kier molecular flexibility index (Phi) is 11.8. The number of piperidine rings is 1. The lowest BCUT2D eigenvalue weighted by Gasteiger charge is -2.35. The maximum absolute atomic E-state index is 13.3. The van der Waals surface area contributed by atoms with Crippen LogP contribution in [0.4, 0.5) is 10.5 Å². The summed E-state index contributed by atoms with van der Waals surface area (Å²) in [6.07, 6.45) is 1.77. The number of carbonyl (C=O) groups excluding carboxylic acids is 4. The monoisotopic (exact) mass is 544 g/mol. The fourth-order valence-electron chi connectivity index (χ4n) is 4.58. The minimum atomic E-state index is -0.689. The predicted octanol–water partition coefficient (Wildman–Crippen LogP) is 4.51. The van der Waals surface area contributed by atoms with E-state index in [1.165, 1.54) is 5.56 Å². The number of likely N-dealkylation sites (tertiary alicyclic amines) is 1. The minimum Gasteiger partial charge on any atom is -0.444 e. The van der Waals surface area contributed by atoms with E-state index in [-0.39, 0.29) is 35.5 Å². The van der Waals surface area contributed by atoms with E-state index in [1.807, 2.05) is 52.0 Å². The number of nitrogens with one attached hydrogen (secondary N) is 3. The van der Waals surface area contributed by atoms with Gasteiger partial charge < -0.3 is 25.6 Å². The number of anilines is 1. The topological polar surface area (TPSA) is 117 Å². The average molecular weight is 545 g/mol. The molecule has 218 valence electrons. The van der Waals surface area contributed by atoms with Gasteiger partial charge in [-0.1, -0.05) is 46.8 Å². The molecule has 1 aliphatic heterocycles. The Bertz CT molecular complexity index is 976. The summed E-state index contributed by atoms with van der Waals surface area (Å²) in [7, 11) is 0. The van der Waals surface area contributed by atoms with E-state index in [0.717, 1.165) is 6.42 Å². The summed E-state index contributed by atoms with van der Waals surface area (Å²) in [5.41, 5.74) is 1.22. The van der Waals surface area contributed by atoms with E-state index in [2.05, 4.69) is 22.9 Å². The van der Waals surface area contributed by atoms with Crippen LogP contribution in [0.15, 0.2) is 24.3 Å². The van der Waals surface area contributed by atoms with Crippen LogP contribution in [0.2, 0.25) is 0 Å². The molecule has 0 spiro atoms. The summed E-state index contributed by atoms with van der Waals surface area (Å²) in [5, 5.41) is 8.59. The zero-order chi connectivity index (χ0) is 29.3. The third-order valence-corrected chi connectivity index (χ3v) is 6.75. The standard InChI is InChI=1S/C30H48N4O5/c1-9-21-10-12-23(13-11-21)31-27(36)25(20(4)5)33-26(35)22-14-16-34(17-15-22)28(37)24(18-19(2)3)32-29(38)39-30(6,7)8/h10-13,19-20,22,24-25H,9,14-18H2,1-8H3,(H,31,36)(H,32,38)(H,33,35)/t24-,25-/m0/s1. The highest BCUT2D eigenvalue weighted by Crippen LogP contribution is 2.21. The molecular formula is C30H48N4O5. The molecule has 0 bridgehead atoms. The van der Waals surface area contributed by atoms with Crippen molar-refractivity contribution < 1.29 is 23.9 Å². The molecule has 0 radical (unpaired) electrons. The largest absolute Gasteiger partial charge is 0.444 e. The van der Waals surface area contributed by atoms with Gasteiger partial charge in [0.15, 0.2) is 0 Å². The van der Waals surface area contributed by atoms with Crippen LogP contribution in [-0.2, 0) is 25.5 Å². The first-order valence-corrected chi connectivity index (χ1v) is 14.2. The third kappa shape index (κ3) is 10.5. The Morgan fingerprint density at radius 3 is 2.05 bits per heavy atom. The molecule has 1 heterocycles. The molecular weight excluding hydrogens is 496 g/mol. The van der Waals surface area contributed by atoms with E-state index in [0.29, 0.717) is 38.0 Å². The molecule has 4 amide bonds. The molecule has 0 saturated carbocycles. The van der Waals surface area contributed by atoms with E-state index < -0.39 is 23.8 Å². The van der Waals surface area contributed by atoms with Crippen molar-refractivity contribution in [3.63, 3.8) is 0 Å². The number of rotatable bonds is 10. The van der Waals surface area contributed by atoms with Crippen molar-refractivity contribution in [2.75, 3.05) is 18.4 Å². The number of carbonyl (C=O) groups is 4. The predicted molar refractivity (Wildman–Crippen MR) is 153 cm³/mol. The first kappa shape index (κ1) is 32.1. The number of hydrogen-bond acceptors (Lipinski definition) is 5. The fourth-order valence-corrected chi connectivity index (χ4v) is 4.58.